The molecule has 0 spiro atoms. The summed E-state index contributed by atoms with van der Waals surface area (Å²) in [4.78, 5) is 12.7. The van der Waals surface area contributed by atoms with Crippen LogP contribution in [0, 0.1) is 0 Å². The molecule has 2 aliphatic carbocycles. The Morgan fingerprint density at radius 2 is 2.00 bits per heavy atom. The number of carbonyl (C=O) groups excluding carboxylic acids is 1. The summed E-state index contributed by atoms with van der Waals surface area (Å²) < 4.78 is 0. The number of carbonyl (C=O) groups is 1. The molecule has 1 unspecified atom stereocenters. The lowest BCUT2D eigenvalue weighted by Crippen LogP contribution is -2.14. The van der Waals surface area contributed by atoms with E-state index in [4.69, 9.17) is 0 Å². The number of hydrogen-bond acceptors (Lipinski definition) is 3. The van der Waals surface area contributed by atoms with E-state index in [0.717, 1.165) is 23.1 Å². The van der Waals surface area contributed by atoms with Crippen LogP contribution in [-0.2, 0) is 6.42 Å². The summed E-state index contributed by atoms with van der Waals surface area (Å²) in [5.74, 6) is -0.323. The SMILES string of the molecule is O=C(CC1=CCc2ccccc21)c1ccc2c(c1)C=CC2C(O)O. The van der Waals surface area contributed by atoms with Crippen molar-refractivity contribution in [3.05, 3.63) is 82.4 Å². The summed E-state index contributed by atoms with van der Waals surface area (Å²) in [7, 11) is 0. The van der Waals surface area contributed by atoms with Crippen LogP contribution in [0.2, 0.25) is 0 Å². The molecule has 0 aliphatic heterocycles. The summed E-state index contributed by atoms with van der Waals surface area (Å²) in [6.45, 7) is 0. The Morgan fingerprint density at radius 1 is 1.17 bits per heavy atom. The van der Waals surface area contributed by atoms with E-state index in [1.54, 1.807) is 12.1 Å². The van der Waals surface area contributed by atoms with Gasteiger partial charge >= 0.3 is 0 Å². The Morgan fingerprint density at radius 3 is 2.83 bits per heavy atom. The highest BCUT2D eigenvalue weighted by atomic mass is 16.5. The van der Waals surface area contributed by atoms with Gasteiger partial charge in [-0.3, -0.25) is 4.79 Å². The van der Waals surface area contributed by atoms with Gasteiger partial charge in [-0.25, -0.2) is 0 Å². The van der Waals surface area contributed by atoms with E-state index >= 15 is 0 Å². The number of aliphatic hydroxyl groups is 2. The van der Waals surface area contributed by atoms with Crippen LogP contribution < -0.4 is 0 Å². The molecular weight excluding hydrogens is 300 g/mol. The first-order valence-electron chi connectivity index (χ1n) is 8.12. The quantitative estimate of drug-likeness (QED) is 0.671. The number of benzene rings is 2. The number of hydrogen-bond donors (Lipinski definition) is 2. The van der Waals surface area contributed by atoms with Crippen LogP contribution >= 0.6 is 0 Å². The third-order valence-electron chi connectivity index (χ3n) is 4.85. The number of fused-ring (bicyclic) bond motifs is 2. The Labute approximate surface area is 140 Å². The van der Waals surface area contributed by atoms with Gasteiger partial charge in [0.25, 0.3) is 0 Å². The van der Waals surface area contributed by atoms with Crippen molar-refractivity contribution in [3.63, 3.8) is 0 Å². The number of allylic oxidation sites excluding steroid dienone is 2. The van der Waals surface area contributed by atoms with Crippen LogP contribution in [0.3, 0.4) is 0 Å². The second kappa shape index (κ2) is 5.86. The molecule has 24 heavy (non-hydrogen) atoms. The van der Waals surface area contributed by atoms with Crippen molar-refractivity contribution in [2.24, 2.45) is 0 Å². The molecule has 3 nitrogen and oxygen atoms in total. The molecule has 1 atom stereocenters. The van der Waals surface area contributed by atoms with Gasteiger partial charge in [0.1, 0.15) is 0 Å². The van der Waals surface area contributed by atoms with Gasteiger partial charge in [-0.1, -0.05) is 54.6 Å². The molecule has 2 aliphatic rings. The predicted octanol–water partition coefficient (Wildman–Crippen LogP) is 3.32. The van der Waals surface area contributed by atoms with Gasteiger partial charge in [0.2, 0.25) is 0 Å². The largest absolute Gasteiger partial charge is 0.367 e. The van der Waals surface area contributed by atoms with E-state index in [2.05, 4.69) is 18.2 Å². The first-order chi connectivity index (χ1) is 11.6. The lowest BCUT2D eigenvalue weighted by molar-refractivity contribution is -0.0490. The zero-order valence-electron chi connectivity index (χ0n) is 13.1. The fourth-order valence-electron chi connectivity index (χ4n) is 3.56. The average molecular weight is 318 g/mol. The van der Waals surface area contributed by atoms with E-state index in [0.29, 0.717) is 12.0 Å². The molecule has 0 saturated carbocycles. The van der Waals surface area contributed by atoms with Crippen molar-refractivity contribution < 1.29 is 15.0 Å². The first-order valence-corrected chi connectivity index (χ1v) is 8.12. The summed E-state index contributed by atoms with van der Waals surface area (Å²) in [6, 6.07) is 13.6. The second-order valence-electron chi connectivity index (χ2n) is 6.33. The average Bonchev–Trinajstić information content (AvgIpc) is 3.18. The van der Waals surface area contributed by atoms with Crippen LogP contribution in [0.5, 0.6) is 0 Å². The van der Waals surface area contributed by atoms with E-state index in [9.17, 15) is 15.0 Å². The smallest absolute Gasteiger partial charge is 0.167 e. The second-order valence-corrected chi connectivity index (χ2v) is 6.33. The molecule has 0 amide bonds. The molecule has 4 rings (SSSR count). The van der Waals surface area contributed by atoms with E-state index in [1.165, 1.54) is 11.1 Å². The molecule has 0 aromatic heterocycles. The summed E-state index contributed by atoms with van der Waals surface area (Å²) >= 11 is 0. The van der Waals surface area contributed by atoms with E-state index in [1.807, 2.05) is 30.3 Å². The Kier molecular flexibility index (Phi) is 3.68. The maximum atomic E-state index is 12.7. The van der Waals surface area contributed by atoms with Crippen LogP contribution in [0.4, 0.5) is 0 Å². The molecule has 2 aromatic rings. The van der Waals surface area contributed by atoms with Crippen LogP contribution in [-0.4, -0.2) is 22.3 Å². The third kappa shape index (κ3) is 2.52. The number of ketones is 1. The van der Waals surface area contributed by atoms with Gasteiger partial charge in [0.15, 0.2) is 12.1 Å². The van der Waals surface area contributed by atoms with Gasteiger partial charge in [0, 0.05) is 12.0 Å². The van der Waals surface area contributed by atoms with Crippen LogP contribution in [0.25, 0.3) is 11.6 Å². The van der Waals surface area contributed by atoms with Gasteiger partial charge in [-0.15, -0.1) is 0 Å². The van der Waals surface area contributed by atoms with E-state index in [-0.39, 0.29) is 5.78 Å². The minimum absolute atomic E-state index is 0.0853. The predicted molar refractivity (Wildman–Crippen MR) is 93.5 cm³/mol. The zero-order chi connectivity index (χ0) is 16.7. The molecule has 3 heteroatoms. The molecule has 0 fully saturated rings. The summed E-state index contributed by atoms with van der Waals surface area (Å²) in [5.41, 5.74) is 5.95. The lowest BCUT2D eigenvalue weighted by atomic mass is 9.94. The number of Topliss-reactive ketones (excluding diaryl/α,β-unsaturated/α-hetero) is 1. The zero-order valence-corrected chi connectivity index (χ0v) is 13.1. The number of rotatable bonds is 4. The van der Waals surface area contributed by atoms with Crippen molar-refractivity contribution in [2.75, 3.05) is 0 Å². The molecule has 0 radical (unpaired) electrons. The fourth-order valence-corrected chi connectivity index (χ4v) is 3.56. The van der Waals surface area contributed by atoms with Gasteiger partial charge < -0.3 is 10.2 Å². The Bertz CT molecular complexity index is 874. The minimum atomic E-state index is -1.41. The van der Waals surface area contributed by atoms with Crippen molar-refractivity contribution in [1.82, 2.24) is 0 Å². The lowest BCUT2D eigenvalue weighted by Gasteiger charge is -2.13. The topological polar surface area (TPSA) is 57.5 Å². The Hall–Kier alpha value is -2.49. The molecule has 2 N–H and O–H groups in total. The molecular formula is C21H18O3. The maximum Gasteiger partial charge on any atom is 0.167 e. The monoisotopic (exact) mass is 318 g/mol. The van der Waals surface area contributed by atoms with E-state index < -0.39 is 12.2 Å². The molecule has 0 bridgehead atoms. The minimum Gasteiger partial charge on any atom is -0.367 e. The van der Waals surface area contributed by atoms with Gasteiger partial charge in [-0.05, 0) is 40.3 Å². The normalized spacial score (nSPS) is 17.8. The first kappa shape index (κ1) is 15.1. The van der Waals surface area contributed by atoms with Crippen molar-refractivity contribution >= 4 is 17.4 Å². The van der Waals surface area contributed by atoms with Crippen LogP contribution in [0.1, 0.15) is 45.0 Å². The molecule has 0 saturated heterocycles. The highest BCUT2D eigenvalue weighted by molar-refractivity contribution is 6.03. The third-order valence-corrected chi connectivity index (χ3v) is 4.85. The number of aliphatic hydroxyl groups excluding tert-OH is 1. The highest BCUT2D eigenvalue weighted by Crippen LogP contribution is 2.34. The maximum absolute atomic E-state index is 12.7. The van der Waals surface area contributed by atoms with Crippen molar-refractivity contribution in [2.45, 2.75) is 25.0 Å². The molecule has 0 heterocycles. The fraction of sp³-hybridized carbons (Fsp3) is 0.190. The summed E-state index contributed by atoms with van der Waals surface area (Å²) in [5, 5.41) is 18.8. The molecule has 120 valence electrons. The van der Waals surface area contributed by atoms with Crippen molar-refractivity contribution in [1.29, 1.82) is 0 Å². The van der Waals surface area contributed by atoms with Crippen LogP contribution in [0.15, 0.2) is 54.6 Å². The summed E-state index contributed by atoms with van der Waals surface area (Å²) in [6.07, 6.45) is 5.62. The Balaban J connectivity index is 1.56. The standard InChI is InChI=1S/C21H18O3/c22-20(12-15-6-5-13-3-1-2-4-17(13)15)16-8-9-18-14(11-16)7-10-19(18)21(23)24/h1-4,6-11,19,21,23-24H,5,12H2. The van der Waals surface area contributed by atoms with Gasteiger partial charge in [-0.2, -0.15) is 0 Å². The van der Waals surface area contributed by atoms with Crippen molar-refractivity contribution in [3.8, 4) is 0 Å². The highest BCUT2D eigenvalue weighted by Gasteiger charge is 2.24. The van der Waals surface area contributed by atoms with Gasteiger partial charge in [0.05, 0.1) is 5.92 Å². The molecule has 2 aromatic carbocycles.